The molecule has 1 aliphatic rings. The lowest BCUT2D eigenvalue weighted by Crippen LogP contribution is -2.45. The maximum Gasteiger partial charge on any atom is 0.141 e. The number of hydrogen-bond acceptors (Lipinski definition) is 4. The third-order valence-corrected chi connectivity index (χ3v) is 3.93. The second kappa shape index (κ2) is 7.82. The van der Waals surface area contributed by atoms with Crippen LogP contribution in [0.1, 0.15) is 32.5 Å². The van der Waals surface area contributed by atoms with E-state index in [0.717, 1.165) is 38.5 Å². The van der Waals surface area contributed by atoms with Crippen molar-refractivity contribution in [2.24, 2.45) is 5.92 Å². The first-order valence-electron chi connectivity index (χ1n) is 7.79. The van der Waals surface area contributed by atoms with Gasteiger partial charge in [-0.25, -0.2) is 4.39 Å². The monoisotopic (exact) mass is 295 g/mol. The molecule has 0 bridgehead atoms. The normalized spacial score (nSPS) is 23.0. The lowest BCUT2D eigenvalue weighted by atomic mass is 9.97. The Morgan fingerprint density at radius 3 is 2.95 bits per heavy atom. The number of ether oxygens (including phenoxy) is 1. The molecule has 0 aromatic carbocycles. The van der Waals surface area contributed by atoms with Gasteiger partial charge in [-0.15, -0.1) is 0 Å². The van der Waals surface area contributed by atoms with E-state index in [4.69, 9.17) is 4.74 Å². The lowest BCUT2D eigenvalue weighted by Gasteiger charge is -2.35. The highest BCUT2D eigenvalue weighted by Crippen LogP contribution is 2.22. The highest BCUT2D eigenvalue weighted by molar-refractivity contribution is 5.11. The summed E-state index contributed by atoms with van der Waals surface area (Å²) >= 11 is 0. The molecule has 1 aromatic heterocycles. The van der Waals surface area contributed by atoms with Crippen molar-refractivity contribution >= 4 is 0 Å². The van der Waals surface area contributed by atoms with Crippen LogP contribution in [0.15, 0.2) is 18.3 Å². The third-order valence-electron chi connectivity index (χ3n) is 3.93. The first-order valence-corrected chi connectivity index (χ1v) is 7.79. The van der Waals surface area contributed by atoms with Gasteiger partial charge in [0.15, 0.2) is 0 Å². The van der Waals surface area contributed by atoms with Gasteiger partial charge in [0, 0.05) is 19.6 Å². The molecule has 2 heterocycles. The van der Waals surface area contributed by atoms with Gasteiger partial charge in [0.25, 0.3) is 0 Å². The van der Waals surface area contributed by atoms with Crippen molar-refractivity contribution in [2.45, 2.75) is 32.9 Å². The Kier molecular flexibility index (Phi) is 6.08. The zero-order valence-corrected chi connectivity index (χ0v) is 13.2. The number of hydrogen-bond donors (Lipinski definition) is 1. The molecule has 1 aliphatic heterocycles. The fraction of sp³-hybridized carbons (Fsp3) is 0.688. The fourth-order valence-electron chi connectivity index (χ4n) is 2.96. The van der Waals surface area contributed by atoms with E-state index in [1.807, 2.05) is 0 Å². The van der Waals surface area contributed by atoms with Crippen LogP contribution in [0.25, 0.3) is 0 Å². The smallest absolute Gasteiger partial charge is 0.141 e. The Morgan fingerprint density at radius 2 is 2.33 bits per heavy atom. The van der Waals surface area contributed by atoms with Gasteiger partial charge in [0.2, 0.25) is 0 Å². The highest BCUT2D eigenvalue weighted by atomic mass is 19.1. The first kappa shape index (κ1) is 16.3. The minimum absolute atomic E-state index is 0.147. The standard InChI is InChI=1S/C16H26FN3O/c1-4-18-16(15-6-5-14(17)9-19-15)12(2)10-20-7-8-21-13(3)11-20/h5-6,9,12-13,16,18H,4,7-8,10-11H2,1-3H3. The number of nitrogens with one attached hydrogen (secondary N) is 1. The summed E-state index contributed by atoms with van der Waals surface area (Å²) in [6.07, 6.45) is 1.59. The van der Waals surface area contributed by atoms with Crippen molar-refractivity contribution in [1.82, 2.24) is 15.2 Å². The van der Waals surface area contributed by atoms with Crippen molar-refractivity contribution in [3.63, 3.8) is 0 Å². The molecule has 0 amide bonds. The average molecular weight is 295 g/mol. The Labute approximate surface area is 126 Å². The number of halogens is 1. The predicted molar refractivity (Wildman–Crippen MR) is 81.6 cm³/mol. The van der Waals surface area contributed by atoms with Gasteiger partial charge >= 0.3 is 0 Å². The van der Waals surface area contributed by atoms with Gasteiger partial charge in [-0.1, -0.05) is 13.8 Å². The van der Waals surface area contributed by atoms with E-state index in [1.165, 1.54) is 12.3 Å². The summed E-state index contributed by atoms with van der Waals surface area (Å²) < 4.78 is 18.6. The fourth-order valence-corrected chi connectivity index (χ4v) is 2.96. The largest absolute Gasteiger partial charge is 0.376 e. The van der Waals surface area contributed by atoms with Gasteiger partial charge in [0.05, 0.1) is 30.6 Å². The molecule has 0 aliphatic carbocycles. The molecule has 0 saturated carbocycles. The summed E-state index contributed by atoms with van der Waals surface area (Å²) in [5, 5.41) is 3.48. The van der Waals surface area contributed by atoms with Crippen LogP contribution in [-0.2, 0) is 4.74 Å². The zero-order valence-electron chi connectivity index (χ0n) is 13.2. The molecule has 3 unspecified atom stereocenters. The van der Waals surface area contributed by atoms with Gasteiger partial charge in [-0.3, -0.25) is 9.88 Å². The molecule has 3 atom stereocenters. The Morgan fingerprint density at radius 1 is 1.52 bits per heavy atom. The Bertz CT molecular complexity index is 426. The van der Waals surface area contributed by atoms with Crippen molar-refractivity contribution in [2.75, 3.05) is 32.8 Å². The SMILES string of the molecule is CCNC(c1ccc(F)cn1)C(C)CN1CCOC(C)C1. The molecular formula is C16H26FN3O. The maximum absolute atomic E-state index is 13.0. The Balaban J connectivity index is 2.01. The molecule has 1 fully saturated rings. The zero-order chi connectivity index (χ0) is 15.2. The molecule has 2 rings (SSSR count). The number of nitrogens with zero attached hydrogens (tertiary/aromatic N) is 2. The number of rotatable bonds is 6. The van der Waals surface area contributed by atoms with E-state index in [-0.39, 0.29) is 11.9 Å². The summed E-state index contributed by atoms with van der Waals surface area (Å²) in [4.78, 5) is 6.68. The van der Waals surface area contributed by atoms with E-state index >= 15 is 0 Å². The van der Waals surface area contributed by atoms with Crippen molar-refractivity contribution < 1.29 is 9.13 Å². The number of aromatic nitrogens is 1. The second-order valence-electron chi connectivity index (χ2n) is 5.85. The van der Waals surface area contributed by atoms with Crippen LogP contribution in [0.2, 0.25) is 0 Å². The van der Waals surface area contributed by atoms with Crippen LogP contribution in [-0.4, -0.2) is 48.8 Å². The molecule has 0 radical (unpaired) electrons. The molecule has 4 nitrogen and oxygen atoms in total. The topological polar surface area (TPSA) is 37.4 Å². The van der Waals surface area contributed by atoms with Crippen LogP contribution in [0, 0.1) is 11.7 Å². The lowest BCUT2D eigenvalue weighted by molar-refractivity contribution is -0.0239. The summed E-state index contributed by atoms with van der Waals surface area (Å²) in [6.45, 7) is 11.0. The van der Waals surface area contributed by atoms with E-state index in [2.05, 4.69) is 36.0 Å². The van der Waals surface area contributed by atoms with Crippen molar-refractivity contribution in [1.29, 1.82) is 0 Å². The molecule has 1 aromatic rings. The number of pyridine rings is 1. The third kappa shape index (κ3) is 4.73. The van der Waals surface area contributed by atoms with Crippen LogP contribution < -0.4 is 5.32 Å². The Hall–Kier alpha value is -1.04. The van der Waals surface area contributed by atoms with Crippen molar-refractivity contribution in [3.8, 4) is 0 Å². The molecule has 5 heteroatoms. The van der Waals surface area contributed by atoms with E-state index in [1.54, 1.807) is 6.07 Å². The van der Waals surface area contributed by atoms with Gasteiger partial charge in [0.1, 0.15) is 5.82 Å². The quantitative estimate of drug-likeness (QED) is 0.873. The van der Waals surface area contributed by atoms with Crippen LogP contribution >= 0.6 is 0 Å². The molecule has 21 heavy (non-hydrogen) atoms. The van der Waals surface area contributed by atoms with E-state index < -0.39 is 0 Å². The minimum Gasteiger partial charge on any atom is -0.376 e. The summed E-state index contributed by atoms with van der Waals surface area (Å²) in [6, 6.07) is 3.41. The molecule has 1 saturated heterocycles. The highest BCUT2D eigenvalue weighted by Gasteiger charge is 2.24. The van der Waals surface area contributed by atoms with Gasteiger partial charge in [-0.05, 0) is 31.5 Å². The molecular weight excluding hydrogens is 269 g/mol. The first-order chi connectivity index (χ1) is 10.1. The number of morpholine rings is 1. The van der Waals surface area contributed by atoms with Crippen LogP contribution in [0.5, 0.6) is 0 Å². The summed E-state index contributed by atoms with van der Waals surface area (Å²) in [5.74, 6) is 0.108. The average Bonchev–Trinajstić information content (AvgIpc) is 2.46. The van der Waals surface area contributed by atoms with Gasteiger partial charge < -0.3 is 10.1 Å². The summed E-state index contributed by atoms with van der Waals surface area (Å²) in [5.41, 5.74) is 0.909. The van der Waals surface area contributed by atoms with Crippen LogP contribution in [0.3, 0.4) is 0 Å². The van der Waals surface area contributed by atoms with Crippen LogP contribution in [0.4, 0.5) is 4.39 Å². The minimum atomic E-state index is -0.288. The molecule has 1 N–H and O–H groups in total. The predicted octanol–water partition coefficient (Wildman–Crippen LogP) is 2.23. The summed E-state index contributed by atoms with van der Waals surface area (Å²) in [7, 11) is 0. The maximum atomic E-state index is 13.0. The van der Waals surface area contributed by atoms with Gasteiger partial charge in [-0.2, -0.15) is 0 Å². The van der Waals surface area contributed by atoms with E-state index in [9.17, 15) is 4.39 Å². The van der Waals surface area contributed by atoms with E-state index in [0.29, 0.717) is 12.0 Å². The van der Waals surface area contributed by atoms with Crippen molar-refractivity contribution in [3.05, 3.63) is 29.8 Å². The second-order valence-corrected chi connectivity index (χ2v) is 5.85. The molecule has 0 spiro atoms. The molecule has 118 valence electrons.